The predicted octanol–water partition coefficient (Wildman–Crippen LogP) is 5.75. The van der Waals surface area contributed by atoms with Crippen LogP contribution in [0.4, 0.5) is 0 Å². The van der Waals surface area contributed by atoms with Gasteiger partial charge in [0, 0.05) is 27.2 Å². The van der Waals surface area contributed by atoms with E-state index in [9.17, 15) is 4.79 Å². The predicted molar refractivity (Wildman–Crippen MR) is 133 cm³/mol. The van der Waals surface area contributed by atoms with Gasteiger partial charge in [-0.2, -0.15) is 5.10 Å². The van der Waals surface area contributed by atoms with Crippen LogP contribution in [0.3, 0.4) is 0 Å². The number of amides is 1. The van der Waals surface area contributed by atoms with Crippen molar-refractivity contribution in [3.8, 4) is 23.0 Å². The highest BCUT2D eigenvalue weighted by atomic mass is 35.5. The van der Waals surface area contributed by atoms with Gasteiger partial charge in [0.05, 0.1) is 27.0 Å². The summed E-state index contributed by atoms with van der Waals surface area (Å²) in [6.45, 7) is 2.58. The molecule has 34 heavy (non-hydrogen) atoms. The summed E-state index contributed by atoms with van der Waals surface area (Å²) in [6.07, 6.45) is 1.51. The molecule has 0 unspecified atom stereocenters. The number of benzene rings is 3. The fraction of sp³-hybridized carbons (Fsp3) is 0.200. The summed E-state index contributed by atoms with van der Waals surface area (Å²) >= 11 is 12.2. The van der Waals surface area contributed by atoms with Gasteiger partial charge in [-0.15, -0.1) is 0 Å². The summed E-state index contributed by atoms with van der Waals surface area (Å²) < 4.78 is 22.0. The third-order valence-corrected chi connectivity index (χ3v) is 5.25. The van der Waals surface area contributed by atoms with Crippen LogP contribution in [-0.4, -0.2) is 32.9 Å². The van der Waals surface area contributed by atoms with Gasteiger partial charge in [-0.25, -0.2) is 5.43 Å². The van der Waals surface area contributed by atoms with Crippen LogP contribution in [-0.2, 0) is 6.61 Å². The number of nitrogens with one attached hydrogen (secondary N) is 1. The summed E-state index contributed by atoms with van der Waals surface area (Å²) in [6, 6.07) is 15.4. The number of carbonyl (C=O) groups excluding carboxylic acids is 1. The Balaban J connectivity index is 1.69. The number of rotatable bonds is 10. The average Bonchev–Trinajstić information content (AvgIpc) is 2.84. The molecule has 0 atom stereocenters. The minimum Gasteiger partial charge on any atom is -0.497 e. The van der Waals surface area contributed by atoms with Crippen LogP contribution in [0, 0.1) is 0 Å². The summed E-state index contributed by atoms with van der Waals surface area (Å²) in [5, 5.41) is 5.13. The highest BCUT2D eigenvalue weighted by Crippen LogP contribution is 2.30. The fourth-order valence-corrected chi connectivity index (χ4v) is 3.42. The Morgan fingerprint density at radius 2 is 1.68 bits per heavy atom. The number of halogens is 2. The van der Waals surface area contributed by atoms with Crippen LogP contribution in [0.5, 0.6) is 23.0 Å². The molecule has 0 spiro atoms. The topological polar surface area (TPSA) is 78.4 Å². The number of hydrogen-bond donors (Lipinski definition) is 1. The van der Waals surface area contributed by atoms with Gasteiger partial charge in [0.25, 0.3) is 5.91 Å². The first kappa shape index (κ1) is 25.2. The normalized spacial score (nSPS) is 10.7. The molecule has 1 amide bonds. The molecule has 0 saturated carbocycles. The molecule has 3 rings (SSSR count). The molecule has 0 saturated heterocycles. The third-order valence-electron chi connectivity index (χ3n) is 4.66. The second-order valence-electron chi connectivity index (χ2n) is 6.96. The van der Waals surface area contributed by atoms with Gasteiger partial charge in [0.15, 0.2) is 11.5 Å². The van der Waals surface area contributed by atoms with Crippen molar-refractivity contribution in [2.45, 2.75) is 13.5 Å². The minimum absolute atomic E-state index is 0.254. The van der Waals surface area contributed by atoms with Crippen LogP contribution in [0.1, 0.15) is 28.4 Å². The van der Waals surface area contributed by atoms with Crippen molar-refractivity contribution in [2.24, 2.45) is 5.10 Å². The second-order valence-corrected chi connectivity index (χ2v) is 7.81. The molecule has 7 nitrogen and oxygen atoms in total. The van der Waals surface area contributed by atoms with E-state index < -0.39 is 5.91 Å². The lowest BCUT2D eigenvalue weighted by atomic mass is 10.2. The Labute approximate surface area is 208 Å². The molecule has 3 aromatic carbocycles. The van der Waals surface area contributed by atoms with Crippen LogP contribution in [0.2, 0.25) is 10.0 Å². The van der Waals surface area contributed by atoms with Gasteiger partial charge < -0.3 is 18.9 Å². The maximum absolute atomic E-state index is 12.5. The maximum Gasteiger partial charge on any atom is 0.271 e. The smallest absolute Gasteiger partial charge is 0.271 e. The van der Waals surface area contributed by atoms with Crippen molar-refractivity contribution < 1.29 is 23.7 Å². The van der Waals surface area contributed by atoms with Gasteiger partial charge in [0.2, 0.25) is 0 Å². The van der Waals surface area contributed by atoms with Crippen LogP contribution >= 0.6 is 23.2 Å². The second kappa shape index (κ2) is 12.2. The highest BCUT2D eigenvalue weighted by Gasteiger charge is 2.10. The van der Waals surface area contributed by atoms with E-state index in [4.69, 9.17) is 42.1 Å². The minimum atomic E-state index is -0.404. The van der Waals surface area contributed by atoms with Gasteiger partial charge in [0.1, 0.15) is 18.1 Å². The zero-order chi connectivity index (χ0) is 24.5. The molecular weight excluding hydrogens is 479 g/mol. The van der Waals surface area contributed by atoms with Crippen molar-refractivity contribution in [1.29, 1.82) is 0 Å². The molecule has 178 valence electrons. The lowest BCUT2D eigenvalue weighted by Crippen LogP contribution is -2.17. The first-order chi connectivity index (χ1) is 16.4. The zero-order valence-corrected chi connectivity index (χ0v) is 20.4. The van der Waals surface area contributed by atoms with Crippen LogP contribution in [0.15, 0.2) is 59.7 Å². The number of hydrazone groups is 1. The standard InChI is InChI=1S/C25H24Cl2N2O5/c1-4-33-24-9-16(5-8-23(24)34-15-17-6-7-19(26)12-22(17)27)14-28-29-25(30)18-10-20(31-2)13-21(11-18)32-3/h5-14H,4,15H2,1-3H3,(H,29,30)/b28-14-. The Kier molecular flexibility index (Phi) is 9.01. The van der Waals surface area contributed by atoms with Crippen LogP contribution < -0.4 is 24.4 Å². The number of ether oxygens (including phenoxy) is 4. The van der Waals surface area contributed by atoms with Gasteiger partial charge in [-0.3, -0.25) is 4.79 Å². The highest BCUT2D eigenvalue weighted by molar-refractivity contribution is 6.35. The molecule has 9 heteroatoms. The molecule has 0 aliphatic rings. The molecular formula is C25H24Cl2N2O5. The van der Waals surface area contributed by atoms with E-state index in [0.717, 1.165) is 5.56 Å². The lowest BCUT2D eigenvalue weighted by Gasteiger charge is -2.13. The molecule has 0 aromatic heterocycles. The largest absolute Gasteiger partial charge is 0.497 e. The van der Waals surface area contributed by atoms with Gasteiger partial charge >= 0.3 is 0 Å². The molecule has 0 heterocycles. The van der Waals surface area contributed by atoms with Crippen molar-refractivity contribution in [3.63, 3.8) is 0 Å². The monoisotopic (exact) mass is 502 g/mol. The number of carbonyl (C=O) groups is 1. The van der Waals surface area contributed by atoms with Gasteiger partial charge in [-0.1, -0.05) is 29.3 Å². The van der Waals surface area contributed by atoms with E-state index >= 15 is 0 Å². The number of methoxy groups -OCH3 is 2. The molecule has 0 bridgehead atoms. The van der Waals surface area contributed by atoms with E-state index in [0.29, 0.717) is 50.8 Å². The quantitative estimate of drug-likeness (QED) is 0.282. The first-order valence-electron chi connectivity index (χ1n) is 10.3. The van der Waals surface area contributed by atoms with E-state index in [-0.39, 0.29) is 6.61 Å². The van der Waals surface area contributed by atoms with Crippen LogP contribution in [0.25, 0.3) is 0 Å². The summed E-state index contributed by atoms with van der Waals surface area (Å²) in [4.78, 5) is 12.5. The zero-order valence-electron chi connectivity index (χ0n) is 18.9. The van der Waals surface area contributed by atoms with Gasteiger partial charge in [-0.05, 0) is 55.0 Å². The summed E-state index contributed by atoms with van der Waals surface area (Å²) in [5.41, 5.74) is 4.36. The summed E-state index contributed by atoms with van der Waals surface area (Å²) in [7, 11) is 3.03. The van der Waals surface area contributed by atoms with Crippen molar-refractivity contribution in [1.82, 2.24) is 5.43 Å². The number of nitrogens with zero attached hydrogens (tertiary/aromatic N) is 1. The molecule has 0 aliphatic carbocycles. The Hall–Kier alpha value is -3.42. The van der Waals surface area contributed by atoms with Crippen molar-refractivity contribution in [2.75, 3.05) is 20.8 Å². The van der Waals surface area contributed by atoms with E-state index in [1.165, 1.54) is 20.4 Å². The first-order valence-corrected chi connectivity index (χ1v) is 11.1. The van der Waals surface area contributed by atoms with E-state index in [1.54, 1.807) is 48.5 Å². The Morgan fingerprint density at radius 1 is 0.941 bits per heavy atom. The molecule has 0 fully saturated rings. The molecule has 0 aliphatic heterocycles. The molecule has 3 aromatic rings. The Bertz CT molecular complexity index is 1160. The molecule has 0 radical (unpaired) electrons. The van der Waals surface area contributed by atoms with Crippen molar-refractivity contribution >= 4 is 35.3 Å². The number of hydrogen-bond acceptors (Lipinski definition) is 6. The average molecular weight is 503 g/mol. The Morgan fingerprint density at radius 3 is 2.32 bits per heavy atom. The fourth-order valence-electron chi connectivity index (χ4n) is 2.96. The molecule has 1 N–H and O–H groups in total. The summed E-state index contributed by atoms with van der Waals surface area (Å²) in [5.74, 6) is 1.70. The van der Waals surface area contributed by atoms with E-state index in [1.807, 2.05) is 13.0 Å². The lowest BCUT2D eigenvalue weighted by molar-refractivity contribution is 0.0954. The maximum atomic E-state index is 12.5. The SMILES string of the molecule is CCOc1cc(/C=N\NC(=O)c2cc(OC)cc(OC)c2)ccc1OCc1ccc(Cl)cc1Cl. The van der Waals surface area contributed by atoms with E-state index in [2.05, 4.69) is 10.5 Å². The van der Waals surface area contributed by atoms with Crippen molar-refractivity contribution in [3.05, 3.63) is 81.3 Å². The third kappa shape index (κ3) is 6.79.